The number of carbonyl (C=O) groups excluding carboxylic acids is 1. The molecule has 1 atom stereocenters. The number of carboxylic acid groups (broad SMARTS) is 1. The van der Waals surface area contributed by atoms with E-state index >= 15 is 0 Å². The number of hydrogen-bond acceptors (Lipinski definition) is 2. The van der Waals surface area contributed by atoms with Crippen molar-refractivity contribution in [3.63, 3.8) is 0 Å². The monoisotopic (exact) mass is 300 g/mol. The Balaban J connectivity index is 4.13. The number of nitrogens with zero attached hydrogens (tertiary/aromatic N) is 1. The molecule has 0 aromatic carbocycles. The number of nitrogens with one attached hydrogen (secondary N) is 1. The molecule has 5 heteroatoms. The quantitative estimate of drug-likeness (QED) is 0.650. The molecule has 0 rings (SSSR count). The van der Waals surface area contributed by atoms with Gasteiger partial charge in [0, 0.05) is 26.1 Å². The number of rotatable bonds is 10. The van der Waals surface area contributed by atoms with Crippen molar-refractivity contribution in [2.45, 2.75) is 60.3 Å². The van der Waals surface area contributed by atoms with Crippen molar-refractivity contribution < 1.29 is 14.7 Å². The smallest absolute Gasteiger partial charge is 0.317 e. The molecule has 0 aromatic heterocycles. The van der Waals surface area contributed by atoms with Crippen LogP contribution in [0.15, 0.2) is 0 Å². The molecule has 0 aliphatic carbocycles. The zero-order valence-electron chi connectivity index (χ0n) is 14.2. The first-order valence-electron chi connectivity index (χ1n) is 7.96. The summed E-state index contributed by atoms with van der Waals surface area (Å²) in [6.07, 6.45) is 2.65. The highest BCUT2D eigenvalue weighted by atomic mass is 16.4. The lowest BCUT2D eigenvalue weighted by Crippen LogP contribution is -2.43. The summed E-state index contributed by atoms with van der Waals surface area (Å²) in [5.74, 6) is -0.263. The van der Waals surface area contributed by atoms with E-state index in [4.69, 9.17) is 5.11 Å². The highest BCUT2D eigenvalue weighted by Gasteiger charge is 2.20. The fourth-order valence-corrected chi connectivity index (χ4v) is 2.05. The van der Waals surface area contributed by atoms with Crippen molar-refractivity contribution in [2.75, 3.05) is 19.6 Å². The van der Waals surface area contributed by atoms with Gasteiger partial charge < -0.3 is 15.3 Å². The van der Waals surface area contributed by atoms with E-state index in [1.165, 1.54) is 0 Å². The summed E-state index contributed by atoms with van der Waals surface area (Å²) in [7, 11) is 0. The van der Waals surface area contributed by atoms with Gasteiger partial charge in [0.05, 0.1) is 0 Å². The van der Waals surface area contributed by atoms with Gasteiger partial charge in [-0.3, -0.25) is 4.79 Å². The van der Waals surface area contributed by atoms with Gasteiger partial charge in [-0.25, -0.2) is 4.79 Å². The Labute approximate surface area is 129 Å². The van der Waals surface area contributed by atoms with Crippen molar-refractivity contribution >= 4 is 12.0 Å². The highest BCUT2D eigenvalue weighted by Crippen LogP contribution is 2.26. The van der Waals surface area contributed by atoms with E-state index in [-0.39, 0.29) is 17.9 Å². The van der Waals surface area contributed by atoms with Gasteiger partial charge in [-0.15, -0.1) is 0 Å². The molecule has 0 fully saturated rings. The number of amides is 2. The normalized spacial score (nSPS) is 12.8. The number of carboxylic acids is 1. The lowest BCUT2D eigenvalue weighted by molar-refractivity contribution is -0.137. The molecule has 0 heterocycles. The third-order valence-corrected chi connectivity index (χ3v) is 3.99. The molecule has 1 unspecified atom stereocenters. The largest absolute Gasteiger partial charge is 0.481 e. The molecule has 0 radical (unpaired) electrons. The lowest BCUT2D eigenvalue weighted by atomic mass is 9.84. The maximum absolute atomic E-state index is 12.1. The molecule has 2 N–H and O–H groups in total. The van der Waals surface area contributed by atoms with Gasteiger partial charge in [-0.05, 0) is 31.1 Å². The first-order valence-corrected chi connectivity index (χ1v) is 7.96. The van der Waals surface area contributed by atoms with Crippen LogP contribution in [0.5, 0.6) is 0 Å². The zero-order chi connectivity index (χ0) is 16.5. The van der Waals surface area contributed by atoms with Crippen LogP contribution in [-0.4, -0.2) is 41.6 Å². The maximum atomic E-state index is 12.1. The van der Waals surface area contributed by atoms with Crippen LogP contribution in [0.2, 0.25) is 0 Å². The summed E-state index contributed by atoms with van der Waals surface area (Å²) in [6, 6.07) is -0.0214. The minimum Gasteiger partial charge on any atom is -0.481 e. The van der Waals surface area contributed by atoms with E-state index in [2.05, 4.69) is 19.2 Å². The summed E-state index contributed by atoms with van der Waals surface area (Å²) < 4.78 is 0. The second-order valence-corrected chi connectivity index (χ2v) is 6.59. The van der Waals surface area contributed by atoms with E-state index in [0.29, 0.717) is 25.4 Å². The summed E-state index contributed by atoms with van der Waals surface area (Å²) >= 11 is 0. The van der Waals surface area contributed by atoms with Gasteiger partial charge in [0.1, 0.15) is 0 Å². The topological polar surface area (TPSA) is 69.6 Å². The molecule has 5 nitrogen and oxygen atoms in total. The lowest BCUT2D eigenvalue weighted by Gasteiger charge is -2.27. The SMILES string of the molecule is CCC(C)CN(CC)C(=O)NCCC(C)(C)CCC(=O)O. The van der Waals surface area contributed by atoms with Crippen molar-refractivity contribution in [3.8, 4) is 0 Å². The fraction of sp³-hybridized carbons (Fsp3) is 0.875. The number of hydrogen-bond donors (Lipinski definition) is 2. The maximum Gasteiger partial charge on any atom is 0.317 e. The third-order valence-electron chi connectivity index (χ3n) is 3.99. The second-order valence-electron chi connectivity index (χ2n) is 6.59. The minimum atomic E-state index is -0.766. The molecular weight excluding hydrogens is 268 g/mol. The molecule has 124 valence electrons. The van der Waals surface area contributed by atoms with Crippen LogP contribution in [-0.2, 0) is 4.79 Å². The molecule has 0 saturated carbocycles. The summed E-state index contributed by atoms with van der Waals surface area (Å²) in [6.45, 7) is 12.4. The van der Waals surface area contributed by atoms with Gasteiger partial charge in [-0.2, -0.15) is 0 Å². The van der Waals surface area contributed by atoms with Crippen molar-refractivity contribution in [1.82, 2.24) is 10.2 Å². The predicted molar refractivity (Wildman–Crippen MR) is 85.4 cm³/mol. The van der Waals surface area contributed by atoms with Crippen molar-refractivity contribution in [3.05, 3.63) is 0 Å². The Morgan fingerprint density at radius 2 is 1.86 bits per heavy atom. The van der Waals surface area contributed by atoms with Crippen LogP contribution in [0.25, 0.3) is 0 Å². The van der Waals surface area contributed by atoms with E-state index in [9.17, 15) is 9.59 Å². The van der Waals surface area contributed by atoms with Crippen molar-refractivity contribution in [2.24, 2.45) is 11.3 Å². The second kappa shape index (κ2) is 9.64. The minimum absolute atomic E-state index is 0.0214. The van der Waals surface area contributed by atoms with Crippen LogP contribution in [0.4, 0.5) is 4.79 Å². The number of carbonyl (C=O) groups is 2. The Hall–Kier alpha value is -1.26. The Bertz CT molecular complexity index is 329. The molecule has 21 heavy (non-hydrogen) atoms. The van der Waals surface area contributed by atoms with Gasteiger partial charge in [-0.1, -0.05) is 34.1 Å². The molecule has 0 bridgehead atoms. The van der Waals surface area contributed by atoms with Crippen LogP contribution >= 0.6 is 0 Å². The van der Waals surface area contributed by atoms with Crippen LogP contribution in [0.3, 0.4) is 0 Å². The van der Waals surface area contributed by atoms with E-state index in [1.54, 1.807) is 0 Å². The van der Waals surface area contributed by atoms with Gasteiger partial charge >= 0.3 is 12.0 Å². The molecule has 0 aliphatic rings. The Kier molecular flexibility index (Phi) is 9.06. The molecule has 0 spiro atoms. The number of aliphatic carboxylic acids is 1. The summed E-state index contributed by atoms with van der Waals surface area (Å²) in [5.41, 5.74) is -0.0700. The first kappa shape index (κ1) is 19.7. The molecule has 0 aliphatic heterocycles. The fourth-order valence-electron chi connectivity index (χ4n) is 2.05. The molecule has 2 amide bonds. The van der Waals surface area contributed by atoms with Crippen LogP contribution in [0.1, 0.15) is 60.3 Å². The average Bonchev–Trinajstić information content (AvgIpc) is 2.41. The average molecular weight is 300 g/mol. The van der Waals surface area contributed by atoms with Crippen LogP contribution < -0.4 is 5.32 Å². The van der Waals surface area contributed by atoms with E-state index in [0.717, 1.165) is 19.4 Å². The Morgan fingerprint density at radius 1 is 1.24 bits per heavy atom. The van der Waals surface area contributed by atoms with Crippen LogP contribution in [0, 0.1) is 11.3 Å². The third kappa shape index (κ3) is 9.32. The zero-order valence-corrected chi connectivity index (χ0v) is 14.2. The van der Waals surface area contributed by atoms with Gasteiger partial charge in [0.25, 0.3) is 0 Å². The van der Waals surface area contributed by atoms with Crippen molar-refractivity contribution in [1.29, 1.82) is 0 Å². The first-order chi connectivity index (χ1) is 9.71. The standard InChI is InChI=1S/C16H32N2O3/c1-6-13(3)12-18(7-2)15(21)17-11-10-16(4,5)9-8-14(19)20/h13H,6-12H2,1-5H3,(H,17,21)(H,19,20). The summed E-state index contributed by atoms with van der Waals surface area (Å²) in [5, 5.41) is 11.7. The van der Waals surface area contributed by atoms with Gasteiger partial charge in [0.15, 0.2) is 0 Å². The number of urea groups is 1. The molecular formula is C16H32N2O3. The summed E-state index contributed by atoms with van der Waals surface area (Å²) in [4.78, 5) is 24.5. The highest BCUT2D eigenvalue weighted by molar-refractivity contribution is 5.74. The van der Waals surface area contributed by atoms with Gasteiger partial charge in [0.2, 0.25) is 0 Å². The molecule has 0 saturated heterocycles. The molecule has 0 aromatic rings. The Morgan fingerprint density at radius 3 is 2.33 bits per heavy atom. The predicted octanol–water partition coefficient (Wildman–Crippen LogP) is 3.35. The van der Waals surface area contributed by atoms with E-state index in [1.807, 2.05) is 25.7 Å². The van der Waals surface area contributed by atoms with E-state index < -0.39 is 5.97 Å².